The Hall–Kier alpha value is -1.96. The second-order valence-electron chi connectivity index (χ2n) is 5.91. The highest BCUT2D eigenvalue weighted by molar-refractivity contribution is 6.01. The first kappa shape index (κ1) is 24.0. The van der Waals surface area contributed by atoms with E-state index in [0.29, 0.717) is 18.0 Å². The van der Waals surface area contributed by atoms with Crippen LogP contribution in [0, 0.1) is 0 Å². The van der Waals surface area contributed by atoms with E-state index in [1.54, 1.807) is 0 Å². The summed E-state index contributed by atoms with van der Waals surface area (Å²) in [7, 11) is 0. The van der Waals surface area contributed by atoms with Crippen LogP contribution in [-0.2, 0) is 24.0 Å². The van der Waals surface area contributed by atoms with Crippen LogP contribution >= 0.6 is 0 Å². The molecule has 3 amide bonds. The summed E-state index contributed by atoms with van der Waals surface area (Å²) in [6.45, 7) is 6.64. The van der Waals surface area contributed by atoms with Gasteiger partial charge in [-0.3, -0.25) is 14.4 Å². The molecule has 1 fully saturated rings. The Bertz CT molecular complexity index is 452. The average molecular weight is 371 g/mol. The van der Waals surface area contributed by atoms with E-state index < -0.39 is 17.8 Å². The predicted molar refractivity (Wildman–Crippen MR) is 97.5 cm³/mol. The lowest BCUT2D eigenvalue weighted by Gasteiger charge is -2.12. The summed E-state index contributed by atoms with van der Waals surface area (Å²) in [5.41, 5.74) is 5.81. The molecule has 0 aromatic heterocycles. The topological polar surface area (TPSA) is 119 Å². The van der Waals surface area contributed by atoms with Gasteiger partial charge < -0.3 is 15.9 Å². The van der Waals surface area contributed by atoms with Gasteiger partial charge in [-0.1, -0.05) is 27.2 Å². The van der Waals surface area contributed by atoms with Crippen molar-refractivity contribution in [1.82, 2.24) is 10.4 Å². The molecule has 0 spiro atoms. The maximum atomic E-state index is 11.6. The van der Waals surface area contributed by atoms with Gasteiger partial charge in [0.2, 0.25) is 5.91 Å². The van der Waals surface area contributed by atoms with E-state index >= 15 is 0 Å². The van der Waals surface area contributed by atoms with Crippen molar-refractivity contribution in [3.8, 4) is 0 Å². The second-order valence-corrected chi connectivity index (χ2v) is 5.91. The molecule has 150 valence electrons. The Morgan fingerprint density at radius 1 is 1.12 bits per heavy atom. The predicted octanol–water partition coefficient (Wildman–Crippen LogP) is 1.81. The van der Waals surface area contributed by atoms with Crippen LogP contribution in [0.4, 0.5) is 0 Å². The SMILES string of the molecule is CC.CCC(N)CCCCNC(=O)CCCC(=O)ON1C(=O)CCC1=O. The van der Waals surface area contributed by atoms with Crippen LogP contribution in [0.5, 0.6) is 0 Å². The number of hydroxylamine groups is 2. The van der Waals surface area contributed by atoms with Crippen molar-refractivity contribution in [2.24, 2.45) is 5.73 Å². The number of carbonyl (C=O) groups is 4. The van der Waals surface area contributed by atoms with Crippen molar-refractivity contribution in [1.29, 1.82) is 0 Å². The number of nitrogens with two attached hydrogens (primary N) is 1. The van der Waals surface area contributed by atoms with Crippen LogP contribution in [0.25, 0.3) is 0 Å². The summed E-state index contributed by atoms with van der Waals surface area (Å²) in [6, 6.07) is 0.223. The highest BCUT2D eigenvalue weighted by atomic mass is 16.7. The number of hydrogen-bond donors (Lipinski definition) is 2. The van der Waals surface area contributed by atoms with E-state index in [2.05, 4.69) is 5.32 Å². The summed E-state index contributed by atoms with van der Waals surface area (Å²) in [6.07, 6.45) is 4.38. The molecular weight excluding hydrogens is 338 g/mol. The fraction of sp³-hybridized carbons (Fsp3) is 0.778. The number of nitrogens with one attached hydrogen (secondary N) is 1. The molecule has 1 rings (SSSR count). The van der Waals surface area contributed by atoms with Crippen LogP contribution in [0.2, 0.25) is 0 Å². The van der Waals surface area contributed by atoms with Crippen LogP contribution < -0.4 is 11.1 Å². The Morgan fingerprint density at radius 3 is 2.31 bits per heavy atom. The fourth-order valence-electron chi connectivity index (χ4n) is 2.25. The molecular formula is C18H33N3O5. The summed E-state index contributed by atoms with van der Waals surface area (Å²) >= 11 is 0. The van der Waals surface area contributed by atoms with Crippen LogP contribution in [0.15, 0.2) is 0 Å². The molecule has 0 bridgehead atoms. The van der Waals surface area contributed by atoms with Gasteiger partial charge in [0.1, 0.15) is 0 Å². The van der Waals surface area contributed by atoms with Gasteiger partial charge >= 0.3 is 5.97 Å². The summed E-state index contributed by atoms with van der Waals surface area (Å²) in [5, 5.41) is 3.30. The molecule has 1 saturated heterocycles. The maximum absolute atomic E-state index is 11.6. The molecule has 0 aliphatic carbocycles. The van der Waals surface area contributed by atoms with Gasteiger partial charge in [-0.25, -0.2) is 4.79 Å². The van der Waals surface area contributed by atoms with Crippen LogP contribution in [-0.4, -0.2) is 41.3 Å². The molecule has 8 nitrogen and oxygen atoms in total. The largest absolute Gasteiger partial charge is 0.356 e. The van der Waals surface area contributed by atoms with Crippen molar-refractivity contribution >= 4 is 23.7 Å². The van der Waals surface area contributed by atoms with Crippen molar-refractivity contribution in [3.05, 3.63) is 0 Å². The number of carbonyl (C=O) groups excluding carboxylic acids is 4. The third-order valence-electron chi connectivity index (χ3n) is 3.83. The van der Waals surface area contributed by atoms with Gasteiger partial charge in [0.25, 0.3) is 11.8 Å². The van der Waals surface area contributed by atoms with Gasteiger partial charge in [0.15, 0.2) is 0 Å². The second kappa shape index (κ2) is 14.2. The lowest BCUT2D eigenvalue weighted by molar-refractivity contribution is -0.197. The quantitative estimate of drug-likeness (QED) is 0.422. The summed E-state index contributed by atoms with van der Waals surface area (Å²) in [5.74, 6) is -1.82. The third kappa shape index (κ3) is 10.1. The third-order valence-corrected chi connectivity index (χ3v) is 3.83. The van der Waals surface area contributed by atoms with Gasteiger partial charge in [-0.2, -0.15) is 0 Å². The van der Waals surface area contributed by atoms with Gasteiger partial charge in [-0.05, 0) is 25.7 Å². The standard InChI is InChI=1S/C16H27N3O5.C2H6/c1-2-12(17)6-3-4-11-18-13(20)7-5-8-16(23)24-19-14(21)9-10-15(19)22;1-2/h12H,2-11,17H2,1H3,(H,18,20);1-2H3. The van der Waals surface area contributed by atoms with Crippen molar-refractivity contribution in [2.75, 3.05) is 6.54 Å². The average Bonchev–Trinajstić information content (AvgIpc) is 2.94. The van der Waals surface area contributed by atoms with Crippen LogP contribution in [0.3, 0.4) is 0 Å². The minimum Gasteiger partial charge on any atom is -0.356 e. The molecule has 0 aromatic rings. The minimum absolute atomic E-state index is 0.0180. The monoisotopic (exact) mass is 371 g/mol. The Kier molecular flexibility index (Phi) is 13.2. The molecule has 1 unspecified atom stereocenters. The Balaban J connectivity index is 0.00000301. The van der Waals surface area contributed by atoms with Crippen molar-refractivity contribution in [3.63, 3.8) is 0 Å². The molecule has 3 N–H and O–H groups in total. The smallest absolute Gasteiger partial charge is 0.333 e. The number of hydrogen-bond acceptors (Lipinski definition) is 6. The summed E-state index contributed by atoms with van der Waals surface area (Å²) in [4.78, 5) is 50.5. The lowest BCUT2D eigenvalue weighted by atomic mass is 10.1. The zero-order valence-corrected chi connectivity index (χ0v) is 16.2. The zero-order valence-electron chi connectivity index (χ0n) is 16.2. The van der Waals surface area contributed by atoms with E-state index in [0.717, 1.165) is 25.7 Å². The van der Waals surface area contributed by atoms with E-state index in [4.69, 9.17) is 10.6 Å². The highest BCUT2D eigenvalue weighted by Crippen LogP contribution is 2.13. The number of amides is 3. The van der Waals surface area contributed by atoms with Gasteiger partial charge in [0.05, 0.1) is 0 Å². The molecule has 26 heavy (non-hydrogen) atoms. The van der Waals surface area contributed by atoms with E-state index in [-0.39, 0.29) is 37.6 Å². The minimum atomic E-state index is -0.681. The fourth-order valence-corrected chi connectivity index (χ4v) is 2.25. The summed E-state index contributed by atoms with van der Waals surface area (Å²) < 4.78 is 0. The molecule has 0 aromatic carbocycles. The van der Waals surface area contributed by atoms with Crippen LogP contribution in [0.1, 0.15) is 78.6 Å². The first-order chi connectivity index (χ1) is 12.4. The van der Waals surface area contributed by atoms with Crippen molar-refractivity contribution < 1.29 is 24.0 Å². The normalized spacial score (nSPS) is 14.5. The molecule has 1 heterocycles. The van der Waals surface area contributed by atoms with E-state index in [1.807, 2.05) is 20.8 Å². The molecule has 8 heteroatoms. The van der Waals surface area contributed by atoms with Gasteiger partial charge in [-0.15, -0.1) is 5.06 Å². The maximum Gasteiger partial charge on any atom is 0.333 e. The molecule has 1 aliphatic rings. The van der Waals surface area contributed by atoms with Crippen molar-refractivity contribution in [2.45, 2.75) is 84.6 Å². The van der Waals surface area contributed by atoms with E-state index in [9.17, 15) is 19.2 Å². The Labute approximate surface area is 155 Å². The zero-order chi connectivity index (χ0) is 19.9. The highest BCUT2D eigenvalue weighted by Gasteiger charge is 2.32. The van der Waals surface area contributed by atoms with E-state index in [1.165, 1.54) is 0 Å². The number of unbranched alkanes of at least 4 members (excludes halogenated alkanes) is 1. The Morgan fingerprint density at radius 2 is 1.73 bits per heavy atom. The molecule has 1 aliphatic heterocycles. The number of imide groups is 1. The molecule has 0 radical (unpaired) electrons. The first-order valence-electron chi connectivity index (χ1n) is 9.53. The number of nitrogens with zero attached hydrogens (tertiary/aromatic N) is 1. The van der Waals surface area contributed by atoms with Gasteiger partial charge in [0, 0.05) is 38.3 Å². The molecule has 0 saturated carbocycles. The lowest BCUT2D eigenvalue weighted by Crippen LogP contribution is -2.32. The number of rotatable bonds is 11. The first-order valence-corrected chi connectivity index (χ1v) is 9.53. The molecule has 1 atom stereocenters.